The van der Waals surface area contributed by atoms with Crippen molar-refractivity contribution in [2.45, 2.75) is 52.7 Å². The molecule has 120 valence electrons. The van der Waals surface area contributed by atoms with E-state index in [1.807, 2.05) is 20.8 Å². The van der Waals surface area contributed by atoms with Crippen molar-refractivity contribution in [2.24, 2.45) is 0 Å². The van der Waals surface area contributed by atoms with Gasteiger partial charge in [-0.15, -0.1) is 0 Å². The molecule has 3 rings (SSSR count). The lowest BCUT2D eigenvalue weighted by Gasteiger charge is -2.32. The molecule has 1 atom stereocenters. The first-order valence-electron chi connectivity index (χ1n) is 7.78. The highest BCUT2D eigenvalue weighted by atomic mass is 16.5. The fourth-order valence-electron chi connectivity index (χ4n) is 2.82. The number of hydrogen-bond donors (Lipinski definition) is 1. The van der Waals surface area contributed by atoms with Gasteiger partial charge in [-0.3, -0.25) is 4.90 Å². The maximum Gasteiger partial charge on any atom is 0.223 e. The minimum atomic E-state index is 0.439. The molecular weight excluding hydrogens is 282 g/mol. The zero-order valence-electron chi connectivity index (χ0n) is 13.4. The highest BCUT2D eigenvalue weighted by molar-refractivity contribution is 5.05. The van der Waals surface area contributed by atoms with Crippen molar-refractivity contribution < 1.29 is 8.94 Å². The number of rotatable bonds is 5. The van der Waals surface area contributed by atoms with Crippen LogP contribution in [0.25, 0.3) is 0 Å². The Morgan fingerprint density at radius 1 is 1.27 bits per heavy atom. The molecule has 0 aromatic carbocycles. The zero-order chi connectivity index (χ0) is 15.5. The van der Waals surface area contributed by atoms with Crippen LogP contribution in [0.5, 0.6) is 0 Å². The number of nitrogens with zero attached hydrogens (tertiary/aromatic N) is 4. The minimum absolute atomic E-state index is 0.439. The molecule has 2 aromatic heterocycles. The molecule has 0 spiro atoms. The van der Waals surface area contributed by atoms with Crippen LogP contribution in [0.15, 0.2) is 8.94 Å². The molecule has 0 saturated carbocycles. The largest absolute Gasteiger partial charge is 0.444 e. The summed E-state index contributed by atoms with van der Waals surface area (Å²) in [6, 6.07) is 0.439. The van der Waals surface area contributed by atoms with Gasteiger partial charge in [0, 0.05) is 19.5 Å². The lowest BCUT2D eigenvalue weighted by Crippen LogP contribution is -2.45. The Morgan fingerprint density at radius 2 is 2.14 bits per heavy atom. The first-order chi connectivity index (χ1) is 10.6. The number of likely N-dealkylation sites (tertiary alicyclic amines) is 1. The summed E-state index contributed by atoms with van der Waals surface area (Å²) in [4.78, 5) is 11.0. The molecule has 3 heterocycles. The molecule has 1 aliphatic rings. The predicted octanol–water partition coefficient (Wildman–Crippen LogP) is 1.74. The van der Waals surface area contributed by atoms with Crippen LogP contribution < -0.4 is 5.32 Å². The van der Waals surface area contributed by atoms with Crippen LogP contribution in [0.4, 0.5) is 0 Å². The second-order valence-corrected chi connectivity index (χ2v) is 5.93. The molecule has 2 aromatic rings. The molecule has 0 unspecified atom stereocenters. The number of piperidine rings is 1. The molecule has 22 heavy (non-hydrogen) atoms. The van der Waals surface area contributed by atoms with Gasteiger partial charge in [-0.2, -0.15) is 4.98 Å². The summed E-state index contributed by atoms with van der Waals surface area (Å²) < 4.78 is 10.6. The summed E-state index contributed by atoms with van der Waals surface area (Å²) in [5, 5.41) is 7.50. The third kappa shape index (κ3) is 3.72. The standard InChI is InChI=1S/C15H23N5O2/c1-10-11(2)21-15(17-10)7-16-13-5-4-6-20(8-13)9-14-18-12(3)22-19-14/h13,16H,4-9H2,1-3H3/t13-/m1/s1. The van der Waals surface area contributed by atoms with Crippen molar-refractivity contribution in [2.75, 3.05) is 13.1 Å². The van der Waals surface area contributed by atoms with Crippen LogP contribution in [0.3, 0.4) is 0 Å². The normalized spacial score (nSPS) is 19.7. The molecule has 1 aliphatic heterocycles. The molecule has 1 N–H and O–H groups in total. The smallest absolute Gasteiger partial charge is 0.223 e. The van der Waals surface area contributed by atoms with Gasteiger partial charge in [0.15, 0.2) is 5.82 Å². The van der Waals surface area contributed by atoms with Gasteiger partial charge in [0.25, 0.3) is 0 Å². The summed E-state index contributed by atoms with van der Waals surface area (Å²) in [5.74, 6) is 3.05. The number of aryl methyl sites for hydroxylation is 3. The zero-order valence-corrected chi connectivity index (χ0v) is 13.4. The first-order valence-corrected chi connectivity index (χ1v) is 7.78. The lowest BCUT2D eigenvalue weighted by molar-refractivity contribution is 0.175. The molecule has 1 fully saturated rings. The maximum atomic E-state index is 5.61. The summed E-state index contributed by atoms with van der Waals surface area (Å²) in [6.07, 6.45) is 2.33. The molecule has 0 aliphatic carbocycles. The van der Waals surface area contributed by atoms with Gasteiger partial charge in [0.2, 0.25) is 11.8 Å². The summed E-state index contributed by atoms with van der Waals surface area (Å²) in [5.41, 5.74) is 0.967. The van der Waals surface area contributed by atoms with E-state index in [1.165, 1.54) is 6.42 Å². The van der Waals surface area contributed by atoms with Gasteiger partial charge in [-0.1, -0.05) is 5.16 Å². The Bertz CT molecular complexity index is 602. The van der Waals surface area contributed by atoms with Crippen molar-refractivity contribution in [1.29, 1.82) is 0 Å². The van der Waals surface area contributed by atoms with Crippen LogP contribution in [0, 0.1) is 20.8 Å². The van der Waals surface area contributed by atoms with Crippen molar-refractivity contribution in [3.8, 4) is 0 Å². The van der Waals surface area contributed by atoms with E-state index >= 15 is 0 Å². The maximum absolute atomic E-state index is 5.61. The average Bonchev–Trinajstić information content (AvgIpc) is 3.03. The van der Waals surface area contributed by atoms with Crippen molar-refractivity contribution >= 4 is 0 Å². The SMILES string of the molecule is Cc1nc(CN2CCC[C@@H](NCc3nc(C)c(C)o3)C2)no1. The lowest BCUT2D eigenvalue weighted by atomic mass is 10.1. The first kappa shape index (κ1) is 15.2. The summed E-state index contributed by atoms with van der Waals surface area (Å²) in [7, 11) is 0. The second-order valence-electron chi connectivity index (χ2n) is 5.93. The van der Waals surface area contributed by atoms with E-state index < -0.39 is 0 Å². The monoisotopic (exact) mass is 305 g/mol. The van der Waals surface area contributed by atoms with E-state index in [1.54, 1.807) is 0 Å². The highest BCUT2D eigenvalue weighted by Gasteiger charge is 2.21. The Morgan fingerprint density at radius 3 is 2.82 bits per heavy atom. The summed E-state index contributed by atoms with van der Waals surface area (Å²) >= 11 is 0. The molecule has 0 radical (unpaired) electrons. The number of nitrogens with one attached hydrogen (secondary N) is 1. The van der Waals surface area contributed by atoms with Crippen LogP contribution in [-0.2, 0) is 13.1 Å². The fraction of sp³-hybridized carbons (Fsp3) is 0.667. The van der Waals surface area contributed by atoms with Gasteiger partial charge < -0.3 is 14.3 Å². The molecule has 7 heteroatoms. The molecule has 1 saturated heterocycles. The number of hydrogen-bond acceptors (Lipinski definition) is 7. The number of aromatic nitrogens is 3. The molecule has 0 amide bonds. The van der Waals surface area contributed by atoms with Crippen molar-refractivity contribution in [3.05, 3.63) is 29.1 Å². The van der Waals surface area contributed by atoms with E-state index in [4.69, 9.17) is 8.94 Å². The van der Waals surface area contributed by atoms with Gasteiger partial charge in [-0.25, -0.2) is 4.98 Å². The van der Waals surface area contributed by atoms with Gasteiger partial charge in [0.1, 0.15) is 5.76 Å². The topological polar surface area (TPSA) is 80.2 Å². The highest BCUT2D eigenvalue weighted by Crippen LogP contribution is 2.14. The van der Waals surface area contributed by atoms with E-state index in [0.29, 0.717) is 18.5 Å². The number of oxazole rings is 1. The van der Waals surface area contributed by atoms with E-state index in [2.05, 4.69) is 25.3 Å². The fourth-order valence-corrected chi connectivity index (χ4v) is 2.82. The average molecular weight is 305 g/mol. The van der Waals surface area contributed by atoms with Crippen molar-refractivity contribution in [1.82, 2.24) is 25.3 Å². The molecule has 7 nitrogen and oxygen atoms in total. The summed E-state index contributed by atoms with van der Waals surface area (Å²) in [6.45, 7) is 9.20. The Balaban J connectivity index is 1.50. The van der Waals surface area contributed by atoms with Crippen LogP contribution >= 0.6 is 0 Å². The predicted molar refractivity (Wildman–Crippen MR) is 80.2 cm³/mol. The third-order valence-corrected chi connectivity index (χ3v) is 4.05. The van der Waals surface area contributed by atoms with Gasteiger partial charge >= 0.3 is 0 Å². The van der Waals surface area contributed by atoms with E-state index in [9.17, 15) is 0 Å². The van der Waals surface area contributed by atoms with Crippen LogP contribution in [0.2, 0.25) is 0 Å². The quantitative estimate of drug-likeness (QED) is 0.901. The molecule has 0 bridgehead atoms. The Labute approximate surface area is 130 Å². The third-order valence-electron chi connectivity index (χ3n) is 4.05. The van der Waals surface area contributed by atoms with Crippen molar-refractivity contribution in [3.63, 3.8) is 0 Å². The minimum Gasteiger partial charge on any atom is -0.444 e. The van der Waals surface area contributed by atoms with Crippen LogP contribution in [0.1, 0.15) is 41.9 Å². The van der Waals surface area contributed by atoms with Gasteiger partial charge in [0.05, 0.1) is 18.8 Å². The molecular formula is C15H23N5O2. The van der Waals surface area contributed by atoms with Gasteiger partial charge in [-0.05, 0) is 33.2 Å². The Hall–Kier alpha value is -1.73. The Kier molecular flexibility index (Phi) is 4.54. The van der Waals surface area contributed by atoms with E-state index in [0.717, 1.165) is 49.2 Å². The van der Waals surface area contributed by atoms with Crippen LogP contribution in [-0.4, -0.2) is 39.2 Å². The van der Waals surface area contributed by atoms with E-state index in [-0.39, 0.29) is 0 Å². The second kappa shape index (κ2) is 6.58.